The van der Waals surface area contributed by atoms with Crippen molar-refractivity contribution in [3.8, 4) is 5.75 Å². The molecule has 1 amide bonds. The number of aliphatic hydroxyl groups is 2. The molecule has 4 N–H and O–H groups in total. The van der Waals surface area contributed by atoms with Crippen molar-refractivity contribution in [1.82, 2.24) is 5.32 Å². The lowest BCUT2D eigenvalue weighted by Crippen LogP contribution is -2.29. The molecular formula is C18H20FNO5. The summed E-state index contributed by atoms with van der Waals surface area (Å²) < 4.78 is 18.0. The number of benzene rings is 2. The van der Waals surface area contributed by atoms with E-state index >= 15 is 0 Å². The second-order valence-corrected chi connectivity index (χ2v) is 5.50. The minimum Gasteiger partial charge on any atom is -0.505 e. The van der Waals surface area contributed by atoms with Crippen molar-refractivity contribution in [3.63, 3.8) is 0 Å². The van der Waals surface area contributed by atoms with Gasteiger partial charge in [0.15, 0.2) is 11.6 Å². The van der Waals surface area contributed by atoms with Crippen LogP contribution in [-0.2, 0) is 11.3 Å². The molecule has 0 fully saturated rings. The molecule has 0 aliphatic rings. The molecule has 0 spiro atoms. The Kier molecular flexibility index (Phi) is 6.73. The second kappa shape index (κ2) is 9.00. The van der Waals surface area contributed by atoms with Crippen molar-refractivity contribution in [2.45, 2.75) is 25.2 Å². The summed E-state index contributed by atoms with van der Waals surface area (Å²) in [5, 5.41) is 31.7. The summed E-state index contributed by atoms with van der Waals surface area (Å²) in [5.41, 5.74) is 1.03. The molecule has 0 aromatic heterocycles. The van der Waals surface area contributed by atoms with E-state index < -0.39 is 29.9 Å². The number of hydrogen-bond donors (Lipinski definition) is 4. The number of carbonyl (C=O) groups is 1. The molecule has 0 heterocycles. The topological polar surface area (TPSA) is 99.0 Å². The van der Waals surface area contributed by atoms with Crippen LogP contribution in [0.5, 0.6) is 5.75 Å². The van der Waals surface area contributed by atoms with Gasteiger partial charge in [-0.25, -0.2) is 9.18 Å². The molecule has 134 valence electrons. The minimum absolute atomic E-state index is 0.0553. The maximum Gasteiger partial charge on any atom is 0.407 e. The van der Waals surface area contributed by atoms with E-state index in [4.69, 9.17) is 4.74 Å². The Bertz CT molecular complexity index is 695. The number of phenolic OH excluding ortho intramolecular Hbond substituents is 1. The van der Waals surface area contributed by atoms with E-state index in [1.165, 1.54) is 6.07 Å². The third kappa shape index (κ3) is 5.74. The van der Waals surface area contributed by atoms with E-state index in [2.05, 4.69) is 5.32 Å². The maximum absolute atomic E-state index is 13.0. The molecule has 2 unspecified atom stereocenters. The van der Waals surface area contributed by atoms with Crippen LogP contribution in [0, 0.1) is 5.82 Å². The number of hydrogen-bond acceptors (Lipinski definition) is 5. The molecule has 0 saturated carbocycles. The van der Waals surface area contributed by atoms with Gasteiger partial charge in [-0.15, -0.1) is 0 Å². The summed E-state index contributed by atoms with van der Waals surface area (Å²) in [4.78, 5) is 11.6. The van der Waals surface area contributed by atoms with Crippen LogP contribution in [0.1, 0.15) is 23.7 Å². The Hall–Kier alpha value is -2.64. The SMILES string of the molecule is O=C(NCCC(O)C(O)c1ccc(F)c(O)c1)OCc1ccccc1. The molecule has 0 aliphatic carbocycles. The Morgan fingerprint density at radius 1 is 1.16 bits per heavy atom. The number of phenols is 1. The number of alkyl carbamates (subject to hydrolysis) is 1. The Balaban J connectivity index is 1.72. The van der Waals surface area contributed by atoms with Crippen molar-refractivity contribution in [3.05, 3.63) is 65.5 Å². The van der Waals surface area contributed by atoms with Gasteiger partial charge in [-0.2, -0.15) is 0 Å². The number of carbonyl (C=O) groups excluding carboxylic acids is 1. The third-order valence-electron chi connectivity index (χ3n) is 3.60. The van der Waals surface area contributed by atoms with Crippen molar-refractivity contribution in [2.24, 2.45) is 0 Å². The smallest absolute Gasteiger partial charge is 0.407 e. The van der Waals surface area contributed by atoms with Crippen LogP contribution in [0.15, 0.2) is 48.5 Å². The number of rotatable bonds is 7. The molecule has 2 aromatic carbocycles. The van der Waals surface area contributed by atoms with Gasteiger partial charge in [0.2, 0.25) is 0 Å². The predicted octanol–water partition coefficient (Wildman–Crippen LogP) is 2.24. The van der Waals surface area contributed by atoms with E-state index in [1.54, 1.807) is 0 Å². The van der Waals surface area contributed by atoms with Gasteiger partial charge >= 0.3 is 6.09 Å². The van der Waals surface area contributed by atoms with E-state index in [1.807, 2.05) is 30.3 Å². The number of aromatic hydroxyl groups is 1. The van der Waals surface area contributed by atoms with Gasteiger partial charge in [-0.05, 0) is 29.7 Å². The van der Waals surface area contributed by atoms with Gasteiger partial charge in [0.25, 0.3) is 0 Å². The fourth-order valence-corrected chi connectivity index (χ4v) is 2.19. The van der Waals surface area contributed by atoms with Crippen LogP contribution in [0.25, 0.3) is 0 Å². The highest BCUT2D eigenvalue weighted by molar-refractivity contribution is 5.67. The van der Waals surface area contributed by atoms with E-state index in [0.29, 0.717) is 0 Å². The number of halogens is 1. The average Bonchev–Trinajstić information content (AvgIpc) is 2.62. The normalized spacial score (nSPS) is 13.1. The van der Waals surface area contributed by atoms with Crippen molar-refractivity contribution < 1.29 is 29.2 Å². The monoisotopic (exact) mass is 349 g/mol. The molecule has 0 aliphatic heterocycles. The molecule has 2 aromatic rings. The van der Waals surface area contributed by atoms with E-state index in [-0.39, 0.29) is 25.1 Å². The minimum atomic E-state index is -1.31. The summed E-state index contributed by atoms with van der Waals surface area (Å²) in [6.45, 7) is 0.214. The molecule has 0 saturated heterocycles. The summed E-state index contributed by atoms with van der Waals surface area (Å²) in [6, 6.07) is 12.5. The standard InChI is InChI=1S/C18H20FNO5/c19-14-7-6-13(10-16(14)22)17(23)15(21)8-9-20-18(24)25-11-12-4-2-1-3-5-12/h1-7,10,15,17,21-23H,8-9,11H2,(H,20,24). The van der Waals surface area contributed by atoms with Gasteiger partial charge in [-0.3, -0.25) is 0 Å². The molecule has 6 nitrogen and oxygen atoms in total. The van der Waals surface area contributed by atoms with Gasteiger partial charge in [0.1, 0.15) is 12.7 Å². The fourth-order valence-electron chi connectivity index (χ4n) is 2.19. The van der Waals surface area contributed by atoms with Crippen molar-refractivity contribution in [2.75, 3.05) is 6.54 Å². The highest BCUT2D eigenvalue weighted by Gasteiger charge is 2.19. The molecule has 0 radical (unpaired) electrons. The van der Waals surface area contributed by atoms with Gasteiger partial charge in [-0.1, -0.05) is 36.4 Å². The highest BCUT2D eigenvalue weighted by Crippen LogP contribution is 2.24. The van der Waals surface area contributed by atoms with Gasteiger partial charge < -0.3 is 25.4 Å². The lowest BCUT2D eigenvalue weighted by atomic mass is 10.0. The Morgan fingerprint density at radius 2 is 1.88 bits per heavy atom. The first-order chi connectivity index (χ1) is 12.0. The summed E-state index contributed by atoms with van der Waals surface area (Å²) in [7, 11) is 0. The molecular weight excluding hydrogens is 329 g/mol. The lowest BCUT2D eigenvalue weighted by molar-refractivity contribution is 0.0135. The van der Waals surface area contributed by atoms with Crippen LogP contribution >= 0.6 is 0 Å². The Labute approximate surface area is 144 Å². The molecule has 25 heavy (non-hydrogen) atoms. The van der Waals surface area contributed by atoms with Gasteiger partial charge in [0.05, 0.1) is 6.10 Å². The van der Waals surface area contributed by atoms with Crippen LogP contribution in [-0.4, -0.2) is 34.1 Å². The van der Waals surface area contributed by atoms with E-state index in [9.17, 15) is 24.5 Å². The molecule has 0 bridgehead atoms. The summed E-state index contributed by atoms with van der Waals surface area (Å²) in [6.07, 6.45) is -3.09. The number of amides is 1. The molecule has 2 rings (SSSR count). The lowest BCUT2D eigenvalue weighted by Gasteiger charge is -2.18. The second-order valence-electron chi connectivity index (χ2n) is 5.50. The average molecular weight is 349 g/mol. The van der Waals surface area contributed by atoms with Crippen LogP contribution in [0.4, 0.5) is 9.18 Å². The predicted molar refractivity (Wildman–Crippen MR) is 88.3 cm³/mol. The zero-order valence-electron chi connectivity index (χ0n) is 13.4. The largest absolute Gasteiger partial charge is 0.505 e. The molecule has 7 heteroatoms. The van der Waals surface area contributed by atoms with Crippen LogP contribution < -0.4 is 5.32 Å². The third-order valence-corrected chi connectivity index (χ3v) is 3.60. The quantitative estimate of drug-likeness (QED) is 0.614. The van der Waals surface area contributed by atoms with Crippen LogP contribution in [0.2, 0.25) is 0 Å². The summed E-state index contributed by atoms with van der Waals surface area (Å²) in [5.74, 6) is -1.42. The zero-order valence-corrected chi connectivity index (χ0v) is 13.4. The van der Waals surface area contributed by atoms with Crippen molar-refractivity contribution in [1.29, 1.82) is 0 Å². The Morgan fingerprint density at radius 3 is 2.56 bits per heavy atom. The first kappa shape index (κ1) is 18.7. The fraction of sp³-hybridized carbons (Fsp3) is 0.278. The first-order valence-corrected chi connectivity index (χ1v) is 7.76. The number of aliphatic hydroxyl groups excluding tert-OH is 2. The number of nitrogens with one attached hydrogen (secondary N) is 1. The van der Waals surface area contributed by atoms with Crippen LogP contribution in [0.3, 0.4) is 0 Å². The van der Waals surface area contributed by atoms with Crippen molar-refractivity contribution >= 4 is 6.09 Å². The van der Waals surface area contributed by atoms with Gasteiger partial charge in [0, 0.05) is 6.54 Å². The maximum atomic E-state index is 13.0. The summed E-state index contributed by atoms with van der Waals surface area (Å²) >= 11 is 0. The molecule has 2 atom stereocenters. The number of ether oxygens (including phenoxy) is 1. The first-order valence-electron chi connectivity index (χ1n) is 7.76. The van der Waals surface area contributed by atoms with E-state index in [0.717, 1.165) is 17.7 Å². The highest BCUT2D eigenvalue weighted by atomic mass is 19.1. The zero-order chi connectivity index (χ0) is 18.2.